The van der Waals surface area contributed by atoms with E-state index in [1.807, 2.05) is 19.1 Å². The molecule has 0 aliphatic heterocycles. The molecule has 2 aliphatic rings. The fourth-order valence-corrected chi connectivity index (χ4v) is 3.95. The normalized spacial score (nSPS) is 21.3. The summed E-state index contributed by atoms with van der Waals surface area (Å²) in [5, 5.41) is 5.74. The Morgan fingerprint density at radius 1 is 1.21 bits per heavy atom. The molecule has 2 fully saturated rings. The lowest BCUT2D eigenvalue weighted by Gasteiger charge is -2.22. The van der Waals surface area contributed by atoms with Gasteiger partial charge >= 0.3 is 0 Å². The Morgan fingerprint density at radius 3 is 2.71 bits per heavy atom. The number of anilines is 1. The number of aromatic nitrogens is 1. The number of hydrogen-bond acceptors (Lipinski definition) is 3. The first-order chi connectivity index (χ1) is 11.6. The van der Waals surface area contributed by atoms with Gasteiger partial charge < -0.3 is 10.6 Å². The number of carbonyl (C=O) groups is 2. The second-order valence-corrected chi connectivity index (χ2v) is 7.39. The highest BCUT2D eigenvalue weighted by atomic mass is 16.2. The molecule has 1 heterocycles. The maximum atomic E-state index is 12.0. The Bertz CT molecular complexity index is 608. The summed E-state index contributed by atoms with van der Waals surface area (Å²) < 4.78 is 0. The van der Waals surface area contributed by atoms with E-state index in [4.69, 9.17) is 0 Å². The van der Waals surface area contributed by atoms with Crippen LogP contribution in [0.2, 0.25) is 0 Å². The number of hydrogen-bond donors (Lipinski definition) is 2. The Labute approximate surface area is 143 Å². The van der Waals surface area contributed by atoms with Gasteiger partial charge in [-0.05, 0) is 55.2 Å². The van der Waals surface area contributed by atoms with E-state index in [1.165, 1.54) is 38.5 Å². The zero-order chi connectivity index (χ0) is 17.0. The van der Waals surface area contributed by atoms with Crippen molar-refractivity contribution in [2.24, 2.45) is 11.3 Å². The number of nitrogens with one attached hydrogen (secondary N) is 2. The zero-order valence-corrected chi connectivity index (χ0v) is 14.4. The molecule has 0 bridgehead atoms. The van der Waals surface area contributed by atoms with Gasteiger partial charge in [-0.3, -0.25) is 9.59 Å². The minimum atomic E-state index is -0.168. The van der Waals surface area contributed by atoms with Crippen molar-refractivity contribution in [1.82, 2.24) is 10.3 Å². The van der Waals surface area contributed by atoms with Gasteiger partial charge in [0, 0.05) is 25.6 Å². The number of nitrogens with zero attached hydrogens (tertiary/aromatic N) is 1. The standard InChI is InChI=1S/C19H27N3O2/c1-14-7-10-20-16(11-14)22-18(24)6-5-17(23)21-13-15-12-19(15)8-3-2-4-9-19/h7,10-11,15H,2-6,8-9,12-13H2,1H3,(H,21,23)(H,20,22,24)/t15-/m0/s1. The summed E-state index contributed by atoms with van der Waals surface area (Å²) in [6, 6.07) is 3.69. The molecule has 130 valence electrons. The van der Waals surface area contributed by atoms with Crippen molar-refractivity contribution in [2.45, 2.75) is 58.3 Å². The topological polar surface area (TPSA) is 71.1 Å². The third-order valence-electron chi connectivity index (χ3n) is 5.52. The van der Waals surface area contributed by atoms with Gasteiger partial charge in [-0.15, -0.1) is 0 Å². The van der Waals surface area contributed by atoms with Gasteiger partial charge in [-0.2, -0.15) is 0 Å². The van der Waals surface area contributed by atoms with E-state index in [0.717, 1.165) is 12.1 Å². The number of carbonyl (C=O) groups excluding carboxylic acids is 2. The summed E-state index contributed by atoms with van der Waals surface area (Å²) in [6.07, 6.45) is 10.1. The molecule has 2 aliphatic carbocycles. The third-order valence-corrected chi connectivity index (χ3v) is 5.52. The maximum absolute atomic E-state index is 12.0. The number of amides is 2. The monoisotopic (exact) mass is 329 g/mol. The van der Waals surface area contributed by atoms with Crippen molar-refractivity contribution in [3.05, 3.63) is 23.9 Å². The average Bonchev–Trinajstić information content (AvgIpc) is 3.23. The zero-order valence-electron chi connectivity index (χ0n) is 14.4. The fourth-order valence-electron chi connectivity index (χ4n) is 3.95. The van der Waals surface area contributed by atoms with Crippen molar-refractivity contribution >= 4 is 17.6 Å². The molecule has 0 unspecified atom stereocenters. The number of rotatable bonds is 6. The number of aryl methyl sites for hydroxylation is 1. The van der Waals surface area contributed by atoms with Crippen LogP contribution in [0.1, 0.15) is 56.9 Å². The number of pyridine rings is 1. The molecule has 2 N–H and O–H groups in total. The van der Waals surface area contributed by atoms with Crippen LogP contribution in [0.15, 0.2) is 18.3 Å². The van der Waals surface area contributed by atoms with Crippen LogP contribution in [0.4, 0.5) is 5.82 Å². The third kappa shape index (κ3) is 4.34. The predicted molar refractivity (Wildman–Crippen MR) is 93.5 cm³/mol. The van der Waals surface area contributed by atoms with Crippen LogP contribution in [0, 0.1) is 18.3 Å². The summed E-state index contributed by atoms with van der Waals surface area (Å²) in [5.41, 5.74) is 1.58. The minimum Gasteiger partial charge on any atom is -0.356 e. The highest BCUT2D eigenvalue weighted by molar-refractivity contribution is 5.92. The molecule has 0 saturated heterocycles. The van der Waals surface area contributed by atoms with Crippen molar-refractivity contribution in [2.75, 3.05) is 11.9 Å². The molecule has 0 aromatic carbocycles. The Balaban J connectivity index is 1.33. The second kappa shape index (κ2) is 7.32. The van der Waals surface area contributed by atoms with Crippen LogP contribution in [0.25, 0.3) is 0 Å². The summed E-state index contributed by atoms with van der Waals surface area (Å²) in [4.78, 5) is 27.9. The van der Waals surface area contributed by atoms with Gasteiger partial charge in [0.25, 0.3) is 0 Å². The van der Waals surface area contributed by atoms with E-state index in [1.54, 1.807) is 6.20 Å². The van der Waals surface area contributed by atoms with Crippen LogP contribution in [0.5, 0.6) is 0 Å². The lowest BCUT2D eigenvalue weighted by molar-refractivity contribution is -0.124. The van der Waals surface area contributed by atoms with Crippen molar-refractivity contribution in [3.63, 3.8) is 0 Å². The molecule has 2 saturated carbocycles. The van der Waals surface area contributed by atoms with E-state index in [9.17, 15) is 9.59 Å². The smallest absolute Gasteiger partial charge is 0.226 e. The molecule has 0 radical (unpaired) electrons. The van der Waals surface area contributed by atoms with Gasteiger partial charge in [0.15, 0.2) is 0 Å². The summed E-state index contributed by atoms with van der Waals surface area (Å²) in [5.74, 6) is 1.00. The van der Waals surface area contributed by atoms with Gasteiger partial charge in [0.05, 0.1) is 0 Å². The first-order valence-corrected chi connectivity index (χ1v) is 9.07. The highest BCUT2D eigenvalue weighted by Gasteiger charge is 2.53. The van der Waals surface area contributed by atoms with E-state index >= 15 is 0 Å². The predicted octanol–water partition coefficient (Wildman–Crippen LogP) is 3.20. The molecular weight excluding hydrogens is 302 g/mol. The van der Waals surface area contributed by atoms with Crippen LogP contribution in [0.3, 0.4) is 0 Å². The Kier molecular flexibility index (Phi) is 5.17. The summed E-state index contributed by atoms with van der Waals surface area (Å²) in [6.45, 7) is 2.72. The van der Waals surface area contributed by atoms with Gasteiger partial charge in [0.1, 0.15) is 5.82 Å². The first kappa shape index (κ1) is 16.9. The maximum Gasteiger partial charge on any atom is 0.226 e. The summed E-state index contributed by atoms with van der Waals surface area (Å²) >= 11 is 0. The molecule has 1 aromatic rings. The second-order valence-electron chi connectivity index (χ2n) is 7.39. The van der Waals surface area contributed by atoms with Crippen LogP contribution >= 0.6 is 0 Å². The van der Waals surface area contributed by atoms with Crippen LogP contribution in [-0.4, -0.2) is 23.3 Å². The van der Waals surface area contributed by atoms with Crippen LogP contribution < -0.4 is 10.6 Å². The van der Waals surface area contributed by atoms with E-state index in [2.05, 4.69) is 15.6 Å². The molecule has 5 nitrogen and oxygen atoms in total. The molecule has 1 spiro atoms. The van der Waals surface area contributed by atoms with Crippen molar-refractivity contribution < 1.29 is 9.59 Å². The lowest BCUT2D eigenvalue weighted by Crippen LogP contribution is -2.28. The van der Waals surface area contributed by atoms with Gasteiger partial charge in [-0.25, -0.2) is 4.98 Å². The van der Waals surface area contributed by atoms with Gasteiger partial charge in [-0.1, -0.05) is 19.3 Å². The Hall–Kier alpha value is -1.91. The van der Waals surface area contributed by atoms with Crippen molar-refractivity contribution in [1.29, 1.82) is 0 Å². The first-order valence-electron chi connectivity index (χ1n) is 9.07. The van der Waals surface area contributed by atoms with E-state index in [0.29, 0.717) is 17.2 Å². The highest BCUT2D eigenvalue weighted by Crippen LogP contribution is 2.60. The van der Waals surface area contributed by atoms with Gasteiger partial charge in [0.2, 0.25) is 11.8 Å². The SMILES string of the molecule is Cc1ccnc(NC(=O)CCC(=O)NC[C@@H]2CC23CCCCC3)c1. The van der Waals surface area contributed by atoms with E-state index < -0.39 is 0 Å². The lowest BCUT2D eigenvalue weighted by atomic mass is 9.84. The largest absolute Gasteiger partial charge is 0.356 e. The molecule has 1 atom stereocenters. The minimum absolute atomic E-state index is 0.0276. The van der Waals surface area contributed by atoms with Crippen LogP contribution in [-0.2, 0) is 9.59 Å². The molecular formula is C19H27N3O2. The van der Waals surface area contributed by atoms with E-state index in [-0.39, 0.29) is 24.7 Å². The fraction of sp³-hybridized carbons (Fsp3) is 0.632. The molecule has 2 amide bonds. The Morgan fingerprint density at radius 2 is 1.96 bits per heavy atom. The van der Waals surface area contributed by atoms with Crippen molar-refractivity contribution in [3.8, 4) is 0 Å². The molecule has 24 heavy (non-hydrogen) atoms. The average molecular weight is 329 g/mol. The molecule has 1 aromatic heterocycles. The molecule has 3 rings (SSSR count). The quantitative estimate of drug-likeness (QED) is 0.842. The molecule has 5 heteroatoms. The summed E-state index contributed by atoms with van der Waals surface area (Å²) in [7, 11) is 0.